The largest absolute Gasteiger partial charge is 0.467 e. The van der Waals surface area contributed by atoms with E-state index in [1.165, 1.54) is 26.4 Å². The van der Waals surface area contributed by atoms with Crippen LogP contribution in [0.1, 0.15) is 59.3 Å². The van der Waals surface area contributed by atoms with Crippen LogP contribution in [0.4, 0.5) is 0 Å². The molecule has 1 N–H and O–H groups in total. The standard InChI is InChI=1S/C25H32N2O4/c1-17-14-21(24(29)27(18(17)2)16-20-12-8-5-9-13-20)23(28)26-22(25(30)31-3)15-19-10-6-4-7-11-19/h4,6-7,10-11,14,20,22H,5,8-9,12-13,15-16H2,1-3H3,(H,26,28). The van der Waals surface area contributed by atoms with E-state index in [0.29, 0.717) is 18.9 Å². The Morgan fingerprint density at radius 3 is 2.45 bits per heavy atom. The minimum atomic E-state index is -0.868. The summed E-state index contributed by atoms with van der Waals surface area (Å²) < 4.78 is 6.62. The molecule has 0 aliphatic heterocycles. The smallest absolute Gasteiger partial charge is 0.328 e. The number of amides is 1. The Balaban J connectivity index is 1.85. The highest BCUT2D eigenvalue weighted by molar-refractivity contribution is 5.96. The van der Waals surface area contributed by atoms with Crippen LogP contribution in [-0.4, -0.2) is 29.6 Å². The van der Waals surface area contributed by atoms with E-state index < -0.39 is 17.9 Å². The van der Waals surface area contributed by atoms with Gasteiger partial charge in [0.05, 0.1) is 7.11 Å². The van der Waals surface area contributed by atoms with Crippen molar-refractivity contribution in [3.05, 3.63) is 69.1 Å². The Labute approximate surface area is 183 Å². The molecule has 0 spiro atoms. The van der Waals surface area contributed by atoms with Gasteiger partial charge in [0.2, 0.25) is 0 Å². The lowest BCUT2D eigenvalue weighted by atomic mass is 9.89. The van der Waals surface area contributed by atoms with Gasteiger partial charge < -0.3 is 14.6 Å². The van der Waals surface area contributed by atoms with Crippen molar-refractivity contribution >= 4 is 11.9 Å². The minimum Gasteiger partial charge on any atom is -0.467 e. The van der Waals surface area contributed by atoms with Gasteiger partial charge in [-0.3, -0.25) is 9.59 Å². The molecule has 1 saturated carbocycles. The third-order valence-electron chi connectivity index (χ3n) is 6.30. The normalized spacial score (nSPS) is 15.3. The molecule has 6 nitrogen and oxygen atoms in total. The molecule has 1 aliphatic carbocycles. The van der Waals surface area contributed by atoms with Gasteiger partial charge in [-0.05, 0) is 49.8 Å². The van der Waals surface area contributed by atoms with Crippen LogP contribution in [-0.2, 0) is 22.5 Å². The van der Waals surface area contributed by atoms with Crippen LogP contribution in [0.25, 0.3) is 0 Å². The van der Waals surface area contributed by atoms with Gasteiger partial charge in [-0.1, -0.05) is 49.6 Å². The fourth-order valence-corrected chi connectivity index (χ4v) is 4.33. The molecule has 1 aliphatic rings. The average molecular weight is 425 g/mol. The molecule has 1 fully saturated rings. The molecule has 1 amide bonds. The molecular formula is C25H32N2O4. The predicted octanol–water partition coefficient (Wildman–Crippen LogP) is 3.56. The van der Waals surface area contributed by atoms with Gasteiger partial charge >= 0.3 is 5.97 Å². The number of carbonyl (C=O) groups excluding carboxylic acids is 2. The average Bonchev–Trinajstić information content (AvgIpc) is 2.79. The molecule has 0 radical (unpaired) electrons. The number of carbonyl (C=O) groups is 2. The van der Waals surface area contributed by atoms with E-state index >= 15 is 0 Å². The first-order chi connectivity index (χ1) is 14.9. The van der Waals surface area contributed by atoms with Gasteiger partial charge in [-0.2, -0.15) is 0 Å². The van der Waals surface area contributed by atoms with Crippen molar-refractivity contribution in [1.29, 1.82) is 0 Å². The molecule has 0 bridgehead atoms. The first-order valence-electron chi connectivity index (χ1n) is 11.0. The van der Waals surface area contributed by atoms with E-state index in [2.05, 4.69) is 5.32 Å². The Hall–Kier alpha value is -2.89. The monoisotopic (exact) mass is 424 g/mol. The Morgan fingerprint density at radius 1 is 1.13 bits per heavy atom. The van der Waals surface area contributed by atoms with Crippen molar-refractivity contribution in [3.8, 4) is 0 Å². The number of pyridine rings is 1. The van der Waals surface area contributed by atoms with E-state index in [-0.39, 0.29) is 11.1 Å². The molecule has 3 rings (SSSR count). The molecule has 1 atom stereocenters. The number of nitrogens with zero attached hydrogens (tertiary/aromatic N) is 1. The SMILES string of the molecule is COC(=O)C(Cc1ccccc1)NC(=O)c1cc(C)c(C)n(CC2CCCCC2)c1=O. The summed E-state index contributed by atoms with van der Waals surface area (Å²) in [7, 11) is 1.29. The maximum absolute atomic E-state index is 13.2. The second-order valence-corrected chi connectivity index (χ2v) is 8.49. The number of hydrogen-bond donors (Lipinski definition) is 1. The maximum atomic E-state index is 13.2. The first-order valence-corrected chi connectivity index (χ1v) is 11.0. The van der Waals surface area contributed by atoms with E-state index in [9.17, 15) is 14.4 Å². The Kier molecular flexibility index (Phi) is 7.66. The van der Waals surface area contributed by atoms with Gasteiger partial charge in [0.1, 0.15) is 11.6 Å². The number of rotatable bonds is 7. The highest BCUT2D eigenvalue weighted by Gasteiger charge is 2.25. The fourth-order valence-electron chi connectivity index (χ4n) is 4.33. The number of methoxy groups -OCH3 is 1. The van der Waals surface area contributed by atoms with Crippen LogP contribution in [0.3, 0.4) is 0 Å². The summed E-state index contributed by atoms with van der Waals surface area (Å²) in [6.45, 7) is 4.47. The summed E-state index contributed by atoms with van der Waals surface area (Å²) in [6.07, 6.45) is 6.16. The molecule has 2 aromatic rings. The zero-order valence-electron chi connectivity index (χ0n) is 18.6. The lowest BCUT2D eigenvalue weighted by Gasteiger charge is -2.24. The molecule has 1 aromatic carbocycles. The molecule has 1 aromatic heterocycles. The molecular weight excluding hydrogens is 392 g/mol. The van der Waals surface area contributed by atoms with E-state index in [0.717, 1.165) is 29.7 Å². The van der Waals surface area contributed by atoms with Crippen LogP contribution in [0.2, 0.25) is 0 Å². The number of benzene rings is 1. The van der Waals surface area contributed by atoms with Crippen molar-refractivity contribution < 1.29 is 14.3 Å². The van der Waals surface area contributed by atoms with Gasteiger partial charge in [0.25, 0.3) is 11.5 Å². The number of aromatic nitrogens is 1. The summed E-state index contributed by atoms with van der Waals surface area (Å²) in [5, 5.41) is 2.72. The zero-order chi connectivity index (χ0) is 22.4. The zero-order valence-corrected chi connectivity index (χ0v) is 18.6. The topological polar surface area (TPSA) is 77.4 Å². The Morgan fingerprint density at radius 2 is 1.81 bits per heavy atom. The molecule has 6 heteroatoms. The summed E-state index contributed by atoms with van der Waals surface area (Å²) in [5.74, 6) is -0.621. The van der Waals surface area contributed by atoms with Crippen molar-refractivity contribution in [1.82, 2.24) is 9.88 Å². The third kappa shape index (κ3) is 5.63. The quantitative estimate of drug-likeness (QED) is 0.690. The number of esters is 1. The minimum absolute atomic E-state index is 0.0703. The van der Waals surface area contributed by atoms with E-state index in [1.807, 2.05) is 44.2 Å². The van der Waals surface area contributed by atoms with Crippen LogP contribution < -0.4 is 10.9 Å². The summed E-state index contributed by atoms with van der Waals surface area (Å²) in [4.78, 5) is 38.6. The van der Waals surface area contributed by atoms with Crippen molar-refractivity contribution in [2.24, 2.45) is 5.92 Å². The van der Waals surface area contributed by atoms with Gasteiger partial charge in [0, 0.05) is 18.7 Å². The molecule has 1 heterocycles. The van der Waals surface area contributed by atoms with Crippen LogP contribution in [0.15, 0.2) is 41.2 Å². The van der Waals surface area contributed by atoms with Crippen LogP contribution in [0, 0.1) is 19.8 Å². The second kappa shape index (κ2) is 10.4. The fraction of sp³-hybridized carbons (Fsp3) is 0.480. The van der Waals surface area contributed by atoms with Crippen LogP contribution >= 0.6 is 0 Å². The van der Waals surface area contributed by atoms with Gasteiger partial charge in [0.15, 0.2) is 0 Å². The van der Waals surface area contributed by atoms with Crippen LogP contribution in [0.5, 0.6) is 0 Å². The lowest BCUT2D eigenvalue weighted by Crippen LogP contribution is -2.45. The van der Waals surface area contributed by atoms with Crippen molar-refractivity contribution in [2.45, 2.75) is 65.0 Å². The molecule has 1 unspecified atom stereocenters. The third-order valence-corrected chi connectivity index (χ3v) is 6.30. The highest BCUT2D eigenvalue weighted by Crippen LogP contribution is 2.25. The molecule has 31 heavy (non-hydrogen) atoms. The predicted molar refractivity (Wildman–Crippen MR) is 120 cm³/mol. The lowest BCUT2D eigenvalue weighted by molar-refractivity contribution is -0.142. The summed E-state index contributed by atoms with van der Waals surface area (Å²) in [5.41, 5.74) is 2.45. The van der Waals surface area contributed by atoms with Gasteiger partial charge in [-0.25, -0.2) is 4.79 Å². The summed E-state index contributed by atoms with van der Waals surface area (Å²) >= 11 is 0. The number of aryl methyl sites for hydroxylation is 1. The summed E-state index contributed by atoms with van der Waals surface area (Å²) in [6, 6.07) is 10.2. The number of nitrogens with one attached hydrogen (secondary N) is 1. The molecule has 166 valence electrons. The molecule has 0 saturated heterocycles. The van der Waals surface area contributed by atoms with E-state index in [1.54, 1.807) is 10.6 Å². The van der Waals surface area contributed by atoms with Crippen molar-refractivity contribution in [2.75, 3.05) is 7.11 Å². The first kappa shape index (κ1) is 22.8. The Bertz CT molecular complexity index is 975. The number of ether oxygens (including phenoxy) is 1. The van der Waals surface area contributed by atoms with Gasteiger partial charge in [-0.15, -0.1) is 0 Å². The highest BCUT2D eigenvalue weighted by atomic mass is 16.5. The number of hydrogen-bond acceptors (Lipinski definition) is 4. The van der Waals surface area contributed by atoms with Crippen molar-refractivity contribution in [3.63, 3.8) is 0 Å². The van der Waals surface area contributed by atoms with E-state index in [4.69, 9.17) is 4.74 Å². The second-order valence-electron chi connectivity index (χ2n) is 8.49. The maximum Gasteiger partial charge on any atom is 0.328 e.